The number of benzene rings is 1. The lowest BCUT2D eigenvalue weighted by molar-refractivity contribution is -0.133. The summed E-state index contributed by atoms with van der Waals surface area (Å²) >= 11 is 0. The van der Waals surface area contributed by atoms with Gasteiger partial charge in [-0.25, -0.2) is 0 Å². The number of nitrogens with zero attached hydrogens (tertiary/aromatic N) is 6. The molecular weight excluding hydrogens is 466 g/mol. The molecule has 1 aromatic carbocycles. The Morgan fingerprint density at radius 2 is 1.32 bits per heavy atom. The molecule has 4 aliphatic heterocycles. The number of piperazine rings is 1. The Balaban J connectivity index is 1.37. The van der Waals surface area contributed by atoms with Gasteiger partial charge in [0.2, 0.25) is 17.6 Å². The number of rotatable bonds is 6. The molecule has 1 atom stereocenters. The molecule has 6 rings (SSSR count). The van der Waals surface area contributed by atoms with Gasteiger partial charge in [0.1, 0.15) is 17.2 Å². The molecule has 0 bridgehead atoms. The van der Waals surface area contributed by atoms with E-state index in [2.05, 4.69) is 20.0 Å². The number of hydrogen-bond acceptors (Lipinski definition) is 8. The summed E-state index contributed by atoms with van der Waals surface area (Å²) in [5.41, 5.74) is 1.26. The summed E-state index contributed by atoms with van der Waals surface area (Å²) in [6.45, 7) is 7.20. The van der Waals surface area contributed by atoms with Crippen molar-refractivity contribution in [3.8, 4) is 0 Å². The molecule has 2 aromatic rings. The topological polar surface area (TPSA) is 84.9 Å². The lowest BCUT2D eigenvalue weighted by atomic mass is 10.0. The molecule has 4 aliphatic rings. The zero-order valence-electron chi connectivity index (χ0n) is 21.6. The van der Waals surface area contributed by atoms with Crippen LogP contribution in [-0.4, -0.2) is 91.5 Å². The Morgan fingerprint density at radius 3 is 1.92 bits per heavy atom. The summed E-state index contributed by atoms with van der Waals surface area (Å²) in [6.07, 6.45) is 6.46. The van der Waals surface area contributed by atoms with Crippen molar-refractivity contribution >= 4 is 29.3 Å². The van der Waals surface area contributed by atoms with Crippen LogP contribution >= 0.6 is 0 Å². The van der Waals surface area contributed by atoms with Crippen molar-refractivity contribution < 1.29 is 9.59 Å². The van der Waals surface area contributed by atoms with Crippen LogP contribution in [0.3, 0.4) is 0 Å². The second kappa shape index (κ2) is 10.7. The maximum atomic E-state index is 14.0. The molecule has 0 saturated carbocycles. The Labute approximate surface area is 218 Å². The Morgan fingerprint density at radius 1 is 0.730 bits per heavy atom. The third kappa shape index (κ3) is 4.89. The van der Waals surface area contributed by atoms with Crippen molar-refractivity contribution in [2.24, 2.45) is 0 Å². The quantitative estimate of drug-likeness (QED) is 0.602. The zero-order chi connectivity index (χ0) is 25.2. The number of amides is 1. The van der Waals surface area contributed by atoms with E-state index in [0.29, 0.717) is 37.3 Å². The summed E-state index contributed by atoms with van der Waals surface area (Å²) in [6, 6.07) is 9.44. The fourth-order valence-corrected chi connectivity index (χ4v) is 6.06. The first-order chi connectivity index (χ1) is 18.2. The molecule has 196 valence electrons. The van der Waals surface area contributed by atoms with Crippen molar-refractivity contribution in [2.45, 2.75) is 44.6 Å². The molecule has 0 radical (unpaired) electrons. The molecule has 1 unspecified atom stereocenters. The van der Waals surface area contributed by atoms with E-state index < -0.39 is 0 Å². The number of anilines is 3. The second-order valence-electron chi connectivity index (χ2n) is 10.6. The second-order valence-corrected chi connectivity index (χ2v) is 10.6. The molecule has 9 nitrogen and oxygen atoms in total. The normalized spacial score (nSPS) is 22.2. The third-order valence-corrected chi connectivity index (χ3v) is 8.17. The van der Waals surface area contributed by atoms with Crippen LogP contribution in [0.1, 0.15) is 54.4 Å². The minimum absolute atomic E-state index is 0.0286. The van der Waals surface area contributed by atoms with Gasteiger partial charge in [-0.1, -0.05) is 30.3 Å². The summed E-state index contributed by atoms with van der Waals surface area (Å²) in [4.78, 5) is 45.9. The summed E-state index contributed by atoms with van der Waals surface area (Å²) in [5.74, 6) is 2.40. The van der Waals surface area contributed by atoms with Crippen LogP contribution in [0.5, 0.6) is 0 Å². The molecule has 37 heavy (non-hydrogen) atoms. The van der Waals surface area contributed by atoms with Crippen LogP contribution in [-0.2, 0) is 4.79 Å². The molecule has 5 heterocycles. The number of ketones is 1. The average Bonchev–Trinajstić information content (AvgIpc) is 3.76. The minimum atomic E-state index is -0.0515. The van der Waals surface area contributed by atoms with Gasteiger partial charge in [-0.3, -0.25) is 9.59 Å². The Hall–Kier alpha value is -3.20. The molecule has 4 fully saturated rings. The van der Waals surface area contributed by atoms with E-state index in [1.807, 2.05) is 35.2 Å². The lowest BCUT2D eigenvalue weighted by Crippen LogP contribution is -2.53. The minimum Gasteiger partial charge on any atom is -0.356 e. The Kier molecular flexibility index (Phi) is 6.95. The monoisotopic (exact) mass is 503 g/mol. The highest BCUT2D eigenvalue weighted by Gasteiger charge is 2.34. The fraction of sp³-hybridized carbons (Fsp3) is 0.571. The van der Waals surface area contributed by atoms with Gasteiger partial charge in [0.15, 0.2) is 0 Å². The molecular formula is C28H37N7O2. The van der Waals surface area contributed by atoms with Gasteiger partial charge >= 0.3 is 0 Å². The fourth-order valence-electron chi connectivity index (χ4n) is 6.06. The Bertz CT molecular complexity index is 1110. The molecule has 1 amide bonds. The van der Waals surface area contributed by atoms with Gasteiger partial charge in [-0.2, -0.15) is 9.97 Å². The van der Waals surface area contributed by atoms with E-state index in [1.54, 1.807) is 0 Å². The van der Waals surface area contributed by atoms with Crippen molar-refractivity contribution in [2.75, 3.05) is 73.6 Å². The van der Waals surface area contributed by atoms with Crippen LogP contribution in [0.4, 0.5) is 17.6 Å². The van der Waals surface area contributed by atoms with Crippen molar-refractivity contribution in [3.63, 3.8) is 0 Å². The standard InChI is InChI=1S/C28H37N7O2/c36-24(21-9-2-1-3-10-21)23-25(32-13-4-5-14-32)30-28(35-15-6-7-16-35)31-26(23)33-17-19-34(20-18-33)27(37)22-11-8-12-29-22/h1-3,9-10,22,29H,4-8,11-20H2. The number of nitrogens with one attached hydrogen (secondary N) is 1. The summed E-state index contributed by atoms with van der Waals surface area (Å²) < 4.78 is 0. The van der Waals surface area contributed by atoms with E-state index in [0.717, 1.165) is 88.8 Å². The van der Waals surface area contributed by atoms with E-state index in [9.17, 15) is 9.59 Å². The molecule has 9 heteroatoms. The van der Waals surface area contributed by atoms with E-state index >= 15 is 0 Å². The van der Waals surface area contributed by atoms with Crippen LogP contribution in [0, 0.1) is 0 Å². The van der Waals surface area contributed by atoms with Gasteiger partial charge in [0.05, 0.1) is 6.04 Å². The van der Waals surface area contributed by atoms with Crippen molar-refractivity contribution in [3.05, 3.63) is 41.5 Å². The maximum Gasteiger partial charge on any atom is 0.239 e. The lowest BCUT2D eigenvalue weighted by Gasteiger charge is -2.38. The summed E-state index contributed by atoms with van der Waals surface area (Å²) in [5, 5.41) is 3.34. The molecule has 1 N–H and O–H groups in total. The van der Waals surface area contributed by atoms with E-state index in [4.69, 9.17) is 9.97 Å². The molecule has 0 spiro atoms. The first-order valence-corrected chi connectivity index (χ1v) is 14.0. The van der Waals surface area contributed by atoms with E-state index in [-0.39, 0.29) is 17.7 Å². The van der Waals surface area contributed by atoms with Gasteiger partial charge in [0.25, 0.3) is 0 Å². The molecule has 4 saturated heterocycles. The first-order valence-electron chi connectivity index (χ1n) is 14.0. The zero-order valence-corrected chi connectivity index (χ0v) is 21.6. The van der Waals surface area contributed by atoms with Gasteiger partial charge in [-0.05, 0) is 45.1 Å². The maximum absolute atomic E-state index is 14.0. The largest absolute Gasteiger partial charge is 0.356 e. The van der Waals surface area contributed by atoms with Crippen LogP contribution in [0.2, 0.25) is 0 Å². The van der Waals surface area contributed by atoms with E-state index in [1.165, 1.54) is 0 Å². The van der Waals surface area contributed by atoms with Crippen molar-refractivity contribution in [1.82, 2.24) is 20.2 Å². The van der Waals surface area contributed by atoms with Crippen LogP contribution in [0.15, 0.2) is 30.3 Å². The van der Waals surface area contributed by atoms with Gasteiger partial charge in [0, 0.05) is 57.9 Å². The van der Waals surface area contributed by atoms with Crippen LogP contribution < -0.4 is 20.0 Å². The summed E-state index contributed by atoms with van der Waals surface area (Å²) in [7, 11) is 0. The molecule has 1 aromatic heterocycles. The highest BCUT2D eigenvalue weighted by molar-refractivity contribution is 6.15. The number of carbonyl (C=O) groups excluding carboxylic acids is 2. The SMILES string of the molecule is O=C(c1ccccc1)c1c(N2CCCC2)nc(N2CCCC2)nc1N1CCN(C(=O)C2CCCN2)CC1. The third-order valence-electron chi connectivity index (χ3n) is 8.17. The highest BCUT2D eigenvalue weighted by atomic mass is 16.2. The number of hydrogen-bond donors (Lipinski definition) is 1. The first kappa shape index (κ1) is 24.2. The molecule has 0 aliphatic carbocycles. The van der Waals surface area contributed by atoms with Crippen LogP contribution in [0.25, 0.3) is 0 Å². The average molecular weight is 504 g/mol. The number of carbonyl (C=O) groups is 2. The smallest absolute Gasteiger partial charge is 0.239 e. The van der Waals surface area contributed by atoms with Crippen molar-refractivity contribution in [1.29, 1.82) is 0 Å². The van der Waals surface area contributed by atoms with Gasteiger partial charge in [-0.15, -0.1) is 0 Å². The number of aromatic nitrogens is 2. The predicted molar refractivity (Wildman–Crippen MR) is 145 cm³/mol. The van der Waals surface area contributed by atoms with Gasteiger partial charge < -0.3 is 24.9 Å². The predicted octanol–water partition coefficient (Wildman–Crippen LogP) is 2.31. The highest BCUT2D eigenvalue weighted by Crippen LogP contribution is 2.35.